The Morgan fingerprint density at radius 2 is 1.72 bits per heavy atom. The molecule has 0 aromatic heterocycles. The van der Waals surface area contributed by atoms with E-state index in [0.717, 1.165) is 37.8 Å². The van der Waals surface area contributed by atoms with E-state index in [2.05, 4.69) is 46.5 Å². The Morgan fingerprint density at radius 1 is 1.08 bits per heavy atom. The highest BCUT2D eigenvalue weighted by atomic mass is 79.9. The lowest BCUT2D eigenvalue weighted by Gasteiger charge is -2.40. The van der Waals surface area contributed by atoms with E-state index in [0.29, 0.717) is 45.9 Å². The minimum Gasteiger partial charge on any atom is -0.476 e. The summed E-state index contributed by atoms with van der Waals surface area (Å²) in [4.78, 5) is 22.5. The number of aliphatic imine (C=N–C) groups is 1. The number of halogens is 2. The molecule has 2 fully saturated rings. The van der Waals surface area contributed by atoms with E-state index < -0.39 is 22.0 Å². The molecule has 2 saturated heterocycles. The van der Waals surface area contributed by atoms with Crippen LogP contribution in [0.4, 0.5) is 5.69 Å². The lowest BCUT2D eigenvalue weighted by atomic mass is 9.98. The average Bonchev–Trinajstić information content (AvgIpc) is 2.95. The third-order valence-electron chi connectivity index (χ3n) is 7.15. The van der Waals surface area contributed by atoms with Crippen molar-refractivity contribution >= 4 is 59.8 Å². The van der Waals surface area contributed by atoms with Crippen LogP contribution in [0, 0.1) is 0 Å². The van der Waals surface area contributed by atoms with Gasteiger partial charge in [0.15, 0.2) is 0 Å². The van der Waals surface area contributed by atoms with E-state index >= 15 is 0 Å². The molecule has 0 radical (unpaired) electrons. The van der Waals surface area contributed by atoms with Crippen molar-refractivity contribution in [2.24, 2.45) is 4.99 Å². The molecule has 0 bridgehead atoms. The molecule has 1 amide bonds. The van der Waals surface area contributed by atoms with Crippen LogP contribution in [-0.4, -0.2) is 74.7 Å². The van der Waals surface area contributed by atoms with Crippen molar-refractivity contribution in [1.29, 1.82) is 0 Å². The molecule has 3 N–H and O–H groups in total. The molecule has 0 spiro atoms. The molecule has 2 aromatic carbocycles. The molecule has 1 atom stereocenters. The number of anilines is 1. The number of nitrogens with zero attached hydrogens (tertiary/aromatic N) is 3. The van der Waals surface area contributed by atoms with Gasteiger partial charge < -0.3 is 20.3 Å². The van der Waals surface area contributed by atoms with Gasteiger partial charge >= 0.3 is 0 Å². The quantitative estimate of drug-likeness (QED) is 0.221. The summed E-state index contributed by atoms with van der Waals surface area (Å²) >= 11 is 6.92. The summed E-state index contributed by atoms with van der Waals surface area (Å²) in [6, 6.07) is 12.1. The minimum absolute atomic E-state index is 0.118. The first kappa shape index (κ1) is 29.8. The molecule has 2 aromatic rings. The first-order chi connectivity index (χ1) is 18.7. The van der Waals surface area contributed by atoms with Gasteiger partial charge in [0.2, 0.25) is 11.8 Å². The van der Waals surface area contributed by atoms with Crippen LogP contribution < -0.4 is 15.2 Å². The molecule has 2 aliphatic heterocycles. The molecule has 2 aliphatic rings. The fourth-order valence-corrected chi connectivity index (χ4v) is 6.89. The molecule has 0 aliphatic carbocycles. The van der Waals surface area contributed by atoms with E-state index in [-0.39, 0.29) is 5.91 Å². The van der Waals surface area contributed by atoms with Gasteiger partial charge in [-0.25, -0.2) is 8.42 Å². The molecule has 39 heavy (non-hydrogen) atoms. The molecule has 0 saturated carbocycles. The fourth-order valence-electron chi connectivity index (χ4n) is 5.02. The van der Waals surface area contributed by atoms with Crippen molar-refractivity contribution in [1.82, 2.24) is 14.5 Å². The first-order valence-corrected chi connectivity index (χ1v) is 16.4. The number of rotatable bonds is 10. The number of ether oxygens (including phenoxy) is 1. The summed E-state index contributed by atoms with van der Waals surface area (Å²) in [6.45, 7) is 3.61. The van der Waals surface area contributed by atoms with E-state index in [1.165, 1.54) is 19.3 Å². The van der Waals surface area contributed by atoms with Gasteiger partial charge in [-0.05, 0) is 100 Å². The van der Waals surface area contributed by atoms with Crippen LogP contribution in [0.25, 0.3) is 0 Å². The van der Waals surface area contributed by atoms with Gasteiger partial charge in [0.25, 0.3) is 10.0 Å². The Hall–Kier alpha value is -2.15. The Kier molecular flexibility index (Phi) is 10.7. The van der Waals surface area contributed by atoms with Crippen molar-refractivity contribution in [3.05, 3.63) is 57.0 Å². The number of nitrogens with two attached hydrogens (primary N) is 1. The normalized spacial score (nSPS) is 18.3. The van der Waals surface area contributed by atoms with E-state index in [4.69, 9.17) is 10.5 Å². The molecular weight excluding hydrogens is 650 g/mol. The smallest absolute Gasteiger partial charge is 0.268 e. The third kappa shape index (κ3) is 8.67. The predicted octanol–water partition coefficient (Wildman–Crippen LogP) is 4.17. The predicted molar refractivity (Wildman–Crippen MR) is 161 cm³/mol. The largest absolute Gasteiger partial charge is 0.476 e. The Balaban J connectivity index is 1.42. The van der Waals surface area contributed by atoms with E-state index in [1.807, 2.05) is 23.1 Å². The topological polar surface area (TPSA) is 117 Å². The number of benzene rings is 2. The molecule has 12 heteroatoms. The summed E-state index contributed by atoms with van der Waals surface area (Å²) in [5.41, 5.74) is 7.45. The summed E-state index contributed by atoms with van der Waals surface area (Å²) in [5.74, 6) is -0.240. The maximum absolute atomic E-state index is 13.6. The summed E-state index contributed by atoms with van der Waals surface area (Å²) in [7, 11) is -3.82. The second-order valence-electron chi connectivity index (χ2n) is 9.93. The van der Waals surface area contributed by atoms with Crippen LogP contribution >= 0.6 is 31.9 Å². The molecule has 212 valence electrons. The standard InChI is InChI=1S/C27H35Br2N5O4S/c28-23-15-20(16-24(29)26(23)30)17-25(31-18-32-39(36,37)19-38-22-7-3-1-4-8-22)27(35)34-13-9-21(10-14-34)33-11-5-2-6-12-33/h1,3-4,7-8,15-16,18,21,25H,2,5-6,9-14,17,19,30H2,(H,31,32)/t25-/m0/s1. The van der Waals surface area contributed by atoms with Gasteiger partial charge in [-0.15, -0.1) is 0 Å². The zero-order valence-electron chi connectivity index (χ0n) is 21.8. The number of carbonyl (C=O) groups is 1. The second kappa shape index (κ2) is 14.0. The van der Waals surface area contributed by atoms with E-state index in [9.17, 15) is 13.2 Å². The third-order valence-corrected chi connectivity index (χ3v) is 9.35. The molecule has 9 nitrogen and oxygen atoms in total. The zero-order chi connectivity index (χ0) is 27.8. The average molecular weight is 685 g/mol. The number of sulfonamides is 1. The number of likely N-dealkylation sites (tertiary alicyclic amines) is 2. The minimum atomic E-state index is -3.82. The maximum atomic E-state index is 13.6. The molecule has 0 unspecified atom stereocenters. The lowest BCUT2D eigenvalue weighted by molar-refractivity contribution is -0.134. The maximum Gasteiger partial charge on any atom is 0.268 e. The Bertz CT molecular complexity index is 1230. The van der Waals surface area contributed by atoms with Crippen molar-refractivity contribution in [3.8, 4) is 5.75 Å². The number of amides is 1. The number of hydrogen-bond acceptors (Lipinski definition) is 7. The van der Waals surface area contributed by atoms with Gasteiger partial charge in [-0.1, -0.05) is 24.6 Å². The van der Waals surface area contributed by atoms with E-state index in [1.54, 1.807) is 24.3 Å². The van der Waals surface area contributed by atoms with Crippen LogP contribution in [0.1, 0.15) is 37.7 Å². The van der Waals surface area contributed by atoms with Gasteiger partial charge in [0.1, 0.15) is 11.8 Å². The Labute approximate surface area is 247 Å². The van der Waals surface area contributed by atoms with Crippen molar-refractivity contribution in [3.63, 3.8) is 0 Å². The van der Waals surface area contributed by atoms with Crippen molar-refractivity contribution in [2.75, 3.05) is 37.9 Å². The Morgan fingerprint density at radius 3 is 2.36 bits per heavy atom. The highest BCUT2D eigenvalue weighted by molar-refractivity contribution is 9.11. The van der Waals surface area contributed by atoms with Crippen LogP contribution in [0.5, 0.6) is 5.75 Å². The number of piperidine rings is 2. The number of nitrogen functional groups attached to an aromatic ring is 1. The van der Waals surface area contributed by atoms with Gasteiger partial charge in [-0.2, -0.15) is 0 Å². The molecule has 2 heterocycles. The zero-order valence-corrected chi connectivity index (χ0v) is 25.8. The lowest BCUT2D eigenvalue weighted by Crippen LogP contribution is -2.50. The molecular formula is C27H35Br2N5O4S. The number of nitrogens with one attached hydrogen (secondary N) is 1. The van der Waals surface area contributed by atoms with Crippen LogP contribution in [-0.2, 0) is 21.2 Å². The summed E-state index contributed by atoms with van der Waals surface area (Å²) < 4.78 is 34.0. The van der Waals surface area contributed by atoms with Crippen LogP contribution in [0.15, 0.2) is 56.4 Å². The van der Waals surface area contributed by atoms with Crippen molar-refractivity contribution in [2.45, 2.75) is 50.6 Å². The van der Waals surface area contributed by atoms with Gasteiger partial charge in [-0.3, -0.25) is 14.5 Å². The highest BCUT2D eigenvalue weighted by Crippen LogP contribution is 2.30. The fraction of sp³-hybridized carbons (Fsp3) is 0.481. The number of para-hydroxylation sites is 1. The van der Waals surface area contributed by atoms with Gasteiger partial charge in [0.05, 0.1) is 12.0 Å². The SMILES string of the molecule is Nc1c(Br)cc(C[C@H](N=CNS(=O)(=O)COc2ccccc2)C(=O)N2CCC(N3CCCCC3)CC2)cc1Br. The number of hydrogen-bond donors (Lipinski definition) is 2. The second-order valence-corrected chi connectivity index (χ2v) is 13.3. The molecule has 4 rings (SSSR count). The van der Waals surface area contributed by atoms with Crippen LogP contribution in [0.3, 0.4) is 0 Å². The van der Waals surface area contributed by atoms with Crippen molar-refractivity contribution < 1.29 is 17.9 Å². The number of carbonyl (C=O) groups excluding carboxylic acids is 1. The monoisotopic (exact) mass is 683 g/mol. The highest BCUT2D eigenvalue weighted by Gasteiger charge is 2.31. The van der Waals surface area contributed by atoms with Gasteiger partial charge in [0, 0.05) is 34.5 Å². The first-order valence-electron chi connectivity index (χ1n) is 13.2. The van der Waals surface area contributed by atoms with Crippen LogP contribution in [0.2, 0.25) is 0 Å². The summed E-state index contributed by atoms with van der Waals surface area (Å²) in [5, 5.41) is 0. The summed E-state index contributed by atoms with van der Waals surface area (Å²) in [6.07, 6.45) is 7.04.